The number of hydrogen-bond donors (Lipinski definition) is 3. The molecule has 2 amide bonds. The summed E-state index contributed by atoms with van der Waals surface area (Å²) in [5.41, 5.74) is 2.96. The topological polar surface area (TPSA) is 88.7 Å². The van der Waals surface area contributed by atoms with Crippen molar-refractivity contribution in [2.24, 2.45) is 0 Å². The molecule has 2 rings (SSSR count). The fourth-order valence-corrected chi connectivity index (χ4v) is 3.27. The Morgan fingerprint density at radius 1 is 0.909 bits per heavy atom. The molecule has 0 aliphatic carbocycles. The minimum Gasteiger partial charge on any atom is -0.493 e. The zero-order valence-electron chi connectivity index (χ0n) is 19.8. The molecule has 33 heavy (non-hydrogen) atoms. The monoisotopic (exact) mass is 453 g/mol. The fourth-order valence-electron chi connectivity index (χ4n) is 3.27. The van der Waals surface area contributed by atoms with Crippen LogP contribution in [-0.4, -0.2) is 45.7 Å². The second kappa shape index (κ2) is 14.7. The normalized spacial score (nSPS) is 10.8. The van der Waals surface area contributed by atoms with Gasteiger partial charge in [0.05, 0.1) is 14.2 Å². The summed E-state index contributed by atoms with van der Waals surface area (Å²) >= 11 is 0. The standard InChI is InChI=1S/C26H35N3O4/c1-20(30)29-23-13-10-21(11-14-23)7-4-9-26(31)28-18-6-17-27-16-5-8-22-12-15-24(32-2)25(19-22)33-3/h4,7,10-15,19,27H,5-6,8-9,16-18H2,1-3H3,(H,28,31)(H,29,30)/b7-4+. The van der Waals surface area contributed by atoms with Gasteiger partial charge in [0, 0.05) is 25.6 Å². The van der Waals surface area contributed by atoms with Crippen LogP contribution in [0.3, 0.4) is 0 Å². The van der Waals surface area contributed by atoms with E-state index in [0.717, 1.165) is 55.1 Å². The van der Waals surface area contributed by atoms with Gasteiger partial charge in [0.15, 0.2) is 11.5 Å². The van der Waals surface area contributed by atoms with Gasteiger partial charge in [-0.25, -0.2) is 0 Å². The molecular weight excluding hydrogens is 418 g/mol. The Morgan fingerprint density at radius 2 is 1.64 bits per heavy atom. The number of aryl methyl sites for hydroxylation is 1. The SMILES string of the molecule is COc1ccc(CCCNCCCNC(=O)C/C=C/c2ccc(NC(C)=O)cc2)cc1OC. The first-order valence-corrected chi connectivity index (χ1v) is 11.2. The molecule has 0 radical (unpaired) electrons. The summed E-state index contributed by atoms with van der Waals surface area (Å²) < 4.78 is 10.6. The summed E-state index contributed by atoms with van der Waals surface area (Å²) in [6.07, 6.45) is 6.96. The van der Waals surface area contributed by atoms with E-state index in [9.17, 15) is 9.59 Å². The van der Waals surface area contributed by atoms with Crippen molar-refractivity contribution < 1.29 is 19.1 Å². The highest BCUT2D eigenvalue weighted by molar-refractivity contribution is 5.88. The number of rotatable bonds is 14. The Morgan fingerprint density at radius 3 is 2.33 bits per heavy atom. The largest absolute Gasteiger partial charge is 0.493 e. The van der Waals surface area contributed by atoms with Gasteiger partial charge in [-0.15, -0.1) is 0 Å². The first-order valence-electron chi connectivity index (χ1n) is 11.2. The zero-order chi connectivity index (χ0) is 23.9. The van der Waals surface area contributed by atoms with Crippen molar-refractivity contribution in [3.8, 4) is 11.5 Å². The fraction of sp³-hybridized carbons (Fsp3) is 0.385. The molecule has 0 fully saturated rings. The number of methoxy groups -OCH3 is 2. The van der Waals surface area contributed by atoms with Gasteiger partial charge in [0.1, 0.15) is 0 Å². The maximum absolute atomic E-state index is 11.9. The van der Waals surface area contributed by atoms with Gasteiger partial charge in [-0.1, -0.05) is 30.4 Å². The van der Waals surface area contributed by atoms with Crippen molar-refractivity contribution in [2.75, 3.05) is 39.2 Å². The number of carbonyl (C=O) groups excluding carboxylic acids is 2. The molecule has 3 N–H and O–H groups in total. The summed E-state index contributed by atoms with van der Waals surface area (Å²) in [7, 11) is 3.28. The van der Waals surface area contributed by atoms with Crippen molar-refractivity contribution in [1.82, 2.24) is 10.6 Å². The van der Waals surface area contributed by atoms with Crippen LogP contribution in [0.5, 0.6) is 11.5 Å². The highest BCUT2D eigenvalue weighted by atomic mass is 16.5. The van der Waals surface area contributed by atoms with Crippen LogP contribution in [0.1, 0.15) is 37.3 Å². The van der Waals surface area contributed by atoms with E-state index < -0.39 is 0 Å². The van der Waals surface area contributed by atoms with Crippen molar-refractivity contribution >= 4 is 23.6 Å². The van der Waals surface area contributed by atoms with Crippen LogP contribution in [0.15, 0.2) is 48.5 Å². The highest BCUT2D eigenvalue weighted by Crippen LogP contribution is 2.27. The molecule has 2 aromatic rings. The van der Waals surface area contributed by atoms with Crippen molar-refractivity contribution in [3.05, 3.63) is 59.7 Å². The Bertz CT molecular complexity index is 910. The average Bonchev–Trinajstić information content (AvgIpc) is 2.81. The van der Waals surface area contributed by atoms with E-state index in [2.05, 4.69) is 22.0 Å². The first-order chi connectivity index (χ1) is 16.0. The van der Waals surface area contributed by atoms with E-state index in [1.165, 1.54) is 12.5 Å². The number of amides is 2. The minimum absolute atomic E-state index is 0.00886. The van der Waals surface area contributed by atoms with Crippen LogP contribution in [0.2, 0.25) is 0 Å². The Kier molecular flexibility index (Phi) is 11.5. The molecule has 0 saturated carbocycles. The summed E-state index contributed by atoms with van der Waals surface area (Å²) in [5.74, 6) is 1.41. The second-order valence-electron chi connectivity index (χ2n) is 7.66. The van der Waals surface area contributed by atoms with Crippen molar-refractivity contribution in [2.45, 2.75) is 32.6 Å². The lowest BCUT2D eigenvalue weighted by atomic mass is 10.1. The van der Waals surface area contributed by atoms with E-state index >= 15 is 0 Å². The van der Waals surface area contributed by atoms with Gasteiger partial charge in [-0.05, 0) is 67.7 Å². The van der Waals surface area contributed by atoms with Gasteiger partial charge in [-0.2, -0.15) is 0 Å². The molecule has 7 heteroatoms. The maximum Gasteiger partial charge on any atom is 0.223 e. The molecule has 0 saturated heterocycles. The molecule has 0 spiro atoms. The summed E-state index contributed by atoms with van der Waals surface area (Å²) in [4.78, 5) is 23.0. The Hall–Kier alpha value is -3.32. The van der Waals surface area contributed by atoms with Crippen LogP contribution in [0, 0.1) is 0 Å². The van der Waals surface area contributed by atoms with Crippen LogP contribution >= 0.6 is 0 Å². The summed E-state index contributed by atoms with van der Waals surface area (Å²) in [5, 5.41) is 9.08. The van der Waals surface area contributed by atoms with Crippen LogP contribution in [0.4, 0.5) is 5.69 Å². The van der Waals surface area contributed by atoms with E-state index in [-0.39, 0.29) is 11.8 Å². The predicted molar refractivity (Wildman–Crippen MR) is 133 cm³/mol. The van der Waals surface area contributed by atoms with Crippen LogP contribution in [-0.2, 0) is 16.0 Å². The van der Waals surface area contributed by atoms with Crippen LogP contribution in [0.25, 0.3) is 6.08 Å². The smallest absolute Gasteiger partial charge is 0.223 e. The predicted octanol–water partition coefficient (Wildman–Crippen LogP) is 3.79. The molecule has 0 bridgehead atoms. The van der Waals surface area contributed by atoms with Gasteiger partial charge in [0.2, 0.25) is 11.8 Å². The third-order valence-corrected chi connectivity index (χ3v) is 4.96. The lowest BCUT2D eigenvalue weighted by molar-refractivity contribution is -0.120. The number of anilines is 1. The summed E-state index contributed by atoms with van der Waals surface area (Å²) in [6, 6.07) is 13.5. The number of ether oxygens (including phenoxy) is 2. The zero-order valence-corrected chi connectivity index (χ0v) is 19.8. The number of benzene rings is 2. The van der Waals surface area contributed by atoms with E-state index in [1.54, 1.807) is 14.2 Å². The summed E-state index contributed by atoms with van der Waals surface area (Å²) in [6.45, 7) is 3.92. The van der Waals surface area contributed by atoms with E-state index in [4.69, 9.17) is 9.47 Å². The molecule has 0 aliphatic heterocycles. The van der Waals surface area contributed by atoms with Gasteiger partial charge < -0.3 is 25.4 Å². The molecule has 0 aliphatic rings. The molecule has 7 nitrogen and oxygen atoms in total. The molecule has 0 atom stereocenters. The quantitative estimate of drug-likeness (QED) is 0.379. The molecule has 0 heterocycles. The Labute approximate surface area is 196 Å². The molecule has 178 valence electrons. The van der Waals surface area contributed by atoms with E-state index in [1.807, 2.05) is 48.6 Å². The van der Waals surface area contributed by atoms with Crippen molar-refractivity contribution in [1.29, 1.82) is 0 Å². The van der Waals surface area contributed by atoms with Crippen LogP contribution < -0.4 is 25.4 Å². The first kappa shape index (κ1) is 25.9. The number of hydrogen-bond acceptors (Lipinski definition) is 5. The third kappa shape index (κ3) is 10.2. The lowest BCUT2D eigenvalue weighted by Crippen LogP contribution is -2.27. The van der Waals surface area contributed by atoms with Gasteiger partial charge >= 0.3 is 0 Å². The minimum atomic E-state index is -0.0974. The second-order valence-corrected chi connectivity index (χ2v) is 7.66. The van der Waals surface area contributed by atoms with Gasteiger partial charge in [0.25, 0.3) is 0 Å². The third-order valence-electron chi connectivity index (χ3n) is 4.96. The Balaban J connectivity index is 1.52. The van der Waals surface area contributed by atoms with E-state index in [0.29, 0.717) is 13.0 Å². The maximum atomic E-state index is 11.9. The molecule has 0 unspecified atom stereocenters. The molecule has 0 aromatic heterocycles. The number of carbonyl (C=O) groups is 2. The molecule has 2 aromatic carbocycles. The number of nitrogens with one attached hydrogen (secondary N) is 3. The highest BCUT2D eigenvalue weighted by Gasteiger charge is 2.04. The van der Waals surface area contributed by atoms with Crippen molar-refractivity contribution in [3.63, 3.8) is 0 Å². The lowest BCUT2D eigenvalue weighted by Gasteiger charge is -2.10. The van der Waals surface area contributed by atoms with Gasteiger partial charge in [-0.3, -0.25) is 9.59 Å². The average molecular weight is 454 g/mol. The molecular formula is C26H35N3O4.